The molecule has 2 aromatic carbocycles. The smallest absolute Gasteiger partial charge is 0.254 e. The van der Waals surface area contributed by atoms with Crippen molar-refractivity contribution in [3.05, 3.63) is 72.3 Å². The van der Waals surface area contributed by atoms with E-state index in [1.54, 1.807) is 33.9 Å². The first-order valence-electron chi connectivity index (χ1n) is 10.9. The standard InChI is InChI=1S/C25H27N5O3/c1-2-7-21(31)29-15-6-8-18(16-29)30-24(26)22(25(27)32)23(28-30)17-11-13-20(14-12-17)33-19-9-4-3-5-10-19/h2-5,7,9-14,18H,6,8,15-16,26H2,1H3,(H2,27,32)/b7-2+. The van der Waals surface area contributed by atoms with Crippen molar-refractivity contribution in [3.8, 4) is 22.8 Å². The molecule has 0 spiro atoms. The Kier molecular flexibility index (Phi) is 6.44. The van der Waals surface area contributed by atoms with Gasteiger partial charge in [0, 0.05) is 18.7 Å². The van der Waals surface area contributed by atoms with Crippen LogP contribution < -0.4 is 16.2 Å². The fourth-order valence-corrected chi connectivity index (χ4v) is 4.08. The SMILES string of the molecule is C/C=C/C(=O)N1CCCC(n2nc(-c3ccc(Oc4ccccc4)cc3)c(C(N)=O)c2N)C1. The summed E-state index contributed by atoms with van der Waals surface area (Å²) in [6.07, 6.45) is 4.89. The third-order valence-electron chi connectivity index (χ3n) is 5.66. The molecule has 4 N–H and O–H groups in total. The summed E-state index contributed by atoms with van der Waals surface area (Å²) in [7, 11) is 0. The van der Waals surface area contributed by atoms with Gasteiger partial charge in [0.15, 0.2) is 0 Å². The van der Waals surface area contributed by atoms with Gasteiger partial charge in [0.25, 0.3) is 5.91 Å². The van der Waals surface area contributed by atoms with E-state index in [1.807, 2.05) is 49.4 Å². The number of hydrogen-bond donors (Lipinski definition) is 2. The summed E-state index contributed by atoms with van der Waals surface area (Å²) in [5.74, 6) is 0.912. The van der Waals surface area contributed by atoms with E-state index >= 15 is 0 Å². The summed E-state index contributed by atoms with van der Waals surface area (Å²) < 4.78 is 7.48. The number of ether oxygens (including phenoxy) is 1. The lowest BCUT2D eigenvalue weighted by molar-refractivity contribution is -0.127. The lowest BCUT2D eigenvalue weighted by Gasteiger charge is -2.32. The van der Waals surface area contributed by atoms with Crippen molar-refractivity contribution in [2.45, 2.75) is 25.8 Å². The number of carbonyl (C=O) groups is 2. The second-order valence-corrected chi connectivity index (χ2v) is 7.94. The van der Waals surface area contributed by atoms with E-state index in [1.165, 1.54) is 0 Å². The monoisotopic (exact) mass is 445 g/mol. The van der Waals surface area contributed by atoms with Gasteiger partial charge in [-0.05, 0) is 62.2 Å². The molecule has 1 aliphatic rings. The van der Waals surface area contributed by atoms with Crippen LogP contribution in [0.1, 0.15) is 36.2 Å². The summed E-state index contributed by atoms with van der Waals surface area (Å²) in [6, 6.07) is 16.6. The summed E-state index contributed by atoms with van der Waals surface area (Å²) in [4.78, 5) is 26.4. The average Bonchev–Trinajstić information content (AvgIpc) is 3.18. The van der Waals surface area contributed by atoms with E-state index < -0.39 is 5.91 Å². The largest absolute Gasteiger partial charge is 0.457 e. The van der Waals surface area contributed by atoms with Crippen molar-refractivity contribution >= 4 is 17.6 Å². The molecular weight excluding hydrogens is 418 g/mol. The molecule has 2 amide bonds. The fourth-order valence-electron chi connectivity index (χ4n) is 4.08. The van der Waals surface area contributed by atoms with E-state index in [4.69, 9.17) is 16.2 Å². The summed E-state index contributed by atoms with van der Waals surface area (Å²) in [5.41, 5.74) is 13.3. The minimum Gasteiger partial charge on any atom is -0.457 e. The number of allylic oxidation sites excluding steroid dienone is 1. The normalized spacial score (nSPS) is 16.2. The minimum absolute atomic E-state index is 0.0442. The average molecular weight is 446 g/mol. The Morgan fingerprint density at radius 2 is 1.79 bits per heavy atom. The van der Waals surface area contributed by atoms with E-state index in [0.717, 1.165) is 18.6 Å². The number of anilines is 1. The highest BCUT2D eigenvalue weighted by Gasteiger charge is 2.29. The summed E-state index contributed by atoms with van der Waals surface area (Å²) in [5, 5.41) is 4.67. The number of rotatable bonds is 6. The first kappa shape index (κ1) is 22.1. The highest BCUT2D eigenvalue weighted by Crippen LogP contribution is 2.33. The number of primary amides is 1. The van der Waals surface area contributed by atoms with Gasteiger partial charge in [-0.25, -0.2) is 4.68 Å². The van der Waals surface area contributed by atoms with Crippen molar-refractivity contribution in [1.82, 2.24) is 14.7 Å². The molecule has 170 valence electrons. The van der Waals surface area contributed by atoms with E-state index in [0.29, 0.717) is 30.1 Å². The van der Waals surface area contributed by atoms with Gasteiger partial charge in [-0.15, -0.1) is 0 Å². The fraction of sp³-hybridized carbons (Fsp3) is 0.240. The van der Waals surface area contributed by atoms with Crippen molar-refractivity contribution in [2.24, 2.45) is 5.73 Å². The molecule has 3 aromatic rings. The van der Waals surface area contributed by atoms with Crippen LogP contribution in [-0.2, 0) is 4.79 Å². The number of para-hydroxylation sites is 1. The highest BCUT2D eigenvalue weighted by atomic mass is 16.5. The zero-order valence-electron chi connectivity index (χ0n) is 18.5. The third kappa shape index (κ3) is 4.74. The maximum Gasteiger partial charge on any atom is 0.254 e. The van der Waals surface area contributed by atoms with Gasteiger partial charge in [-0.2, -0.15) is 5.10 Å². The molecule has 0 aliphatic carbocycles. The Labute approximate surface area is 192 Å². The van der Waals surface area contributed by atoms with Gasteiger partial charge in [-0.3, -0.25) is 9.59 Å². The Morgan fingerprint density at radius 3 is 2.45 bits per heavy atom. The van der Waals surface area contributed by atoms with Crippen LogP contribution in [0, 0.1) is 0 Å². The molecule has 1 aliphatic heterocycles. The van der Waals surface area contributed by atoms with Crippen LogP contribution in [0.15, 0.2) is 66.7 Å². The number of piperidine rings is 1. The second-order valence-electron chi connectivity index (χ2n) is 7.94. The number of nitrogens with zero attached hydrogens (tertiary/aromatic N) is 3. The highest BCUT2D eigenvalue weighted by molar-refractivity contribution is 6.03. The molecule has 0 saturated carbocycles. The van der Waals surface area contributed by atoms with Crippen LogP contribution in [0.5, 0.6) is 11.5 Å². The Morgan fingerprint density at radius 1 is 1.09 bits per heavy atom. The Hall–Kier alpha value is -4.07. The zero-order chi connectivity index (χ0) is 23.4. The lowest BCUT2D eigenvalue weighted by Crippen LogP contribution is -2.40. The topological polar surface area (TPSA) is 116 Å². The number of benzene rings is 2. The van der Waals surface area contributed by atoms with Gasteiger partial charge < -0.3 is 21.1 Å². The van der Waals surface area contributed by atoms with Crippen LogP contribution in [0.4, 0.5) is 5.82 Å². The Balaban J connectivity index is 1.62. The quantitative estimate of drug-likeness (QED) is 0.560. The molecular formula is C25H27N5O3. The summed E-state index contributed by atoms with van der Waals surface area (Å²) >= 11 is 0. The first-order valence-corrected chi connectivity index (χ1v) is 10.9. The van der Waals surface area contributed by atoms with Gasteiger partial charge in [0.2, 0.25) is 5.91 Å². The lowest BCUT2D eigenvalue weighted by atomic mass is 10.1. The molecule has 1 aromatic heterocycles. The third-order valence-corrected chi connectivity index (χ3v) is 5.66. The van der Waals surface area contributed by atoms with E-state index in [-0.39, 0.29) is 23.3 Å². The predicted octanol–water partition coefficient (Wildman–Crippen LogP) is 3.76. The molecule has 0 bridgehead atoms. The van der Waals surface area contributed by atoms with Gasteiger partial charge in [0.1, 0.15) is 28.6 Å². The van der Waals surface area contributed by atoms with E-state index in [9.17, 15) is 9.59 Å². The molecule has 2 heterocycles. The van der Waals surface area contributed by atoms with Gasteiger partial charge in [-0.1, -0.05) is 24.3 Å². The maximum absolute atomic E-state index is 12.3. The second kappa shape index (κ2) is 9.60. The molecule has 1 fully saturated rings. The van der Waals surface area contributed by atoms with Crippen molar-refractivity contribution in [1.29, 1.82) is 0 Å². The van der Waals surface area contributed by atoms with Crippen molar-refractivity contribution < 1.29 is 14.3 Å². The number of hydrogen-bond acceptors (Lipinski definition) is 5. The Bertz CT molecular complexity index is 1170. The summed E-state index contributed by atoms with van der Waals surface area (Å²) in [6.45, 7) is 2.96. The molecule has 33 heavy (non-hydrogen) atoms. The number of carbonyl (C=O) groups excluding carboxylic acids is 2. The first-order chi connectivity index (χ1) is 16.0. The van der Waals surface area contributed by atoms with Crippen molar-refractivity contribution in [3.63, 3.8) is 0 Å². The van der Waals surface area contributed by atoms with Gasteiger partial charge in [0.05, 0.1) is 6.04 Å². The molecule has 0 radical (unpaired) electrons. The van der Waals surface area contributed by atoms with E-state index in [2.05, 4.69) is 5.10 Å². The van der Waals surface area contributed by atoms with Crippen LogP contribution in [0.3, 0.4) is 0 Å². The molecule has 4 rings (SSSR count). The number of likely N-dealkylation sites (tertiary alicyclic amines) is 1. The molecule has 1 saturated heterocycles. The molecule has 1 unspecified atom stereocenters. The van der Waals surface area contributed by atoms with Crippen LogP contribution in [0.2, 0.25) is 0 Å². The van der Waals surface area contributed by atoms with Crippen molar-refractivity contribution in [2.75, 3.05) is 18.8 Å². The molecule has 8 heteroatoms. The molecule has 1 atom stereocenters. The zero-order valence-corrected chi connectivity index (χ0v) is 18.5. The number of nitrogens with two attached hydrogens (primary N) is 2. The van der Waals surface area contributed by atoms with Crippen LogP contribution in [-0.4, -0.2) is 39.6 Å². The maximum atomic E-state index is 12.3. The van der Waals surface area contributed by atoms with Crippen LogP contribution >= 0.6 is 0 Å². The minimum atomic E-state index is -0.643. The molecule has 8 nitrogen and oxygen atoms in total. The van der Waals surface area contributed by atoms with Crippen LogP contribution in [0.25, 0.3) is 11.3 Å². The van der Waals surface area contributed by atoms with Gasteiger partial charge >= 0.3 is 0 Å². The number of amides is 2. The number of nitrogen functional groups attached to an aromatic ring is 1. The predicted molar refractivity (Wildman–Crippen MR) is 127 cm³/mol. The number of aromatic nitrogens is 2.